The van der Waals surface area contributed by atoms with E-state index in [2.05, 4.69) is 14.7 Å². The number of pyridine rings is 2. The number of rotatable bonds is 5. The summed E-state index contributed by atoms with van der Waals surface area (Å²) >= 11 is 0. The summed E-state index contributed by atoms with van der Waals surface area (Å²) in [4.78, 5) is 36.4. The van der Waals surface area contributed by atoms with Crippen LogP contribution in [0.4, 0.5) is 5.69 Å². The monoisotopic (exact) mass is 473 g/mol. The van der Waals surface area contributed by atoms with E-state index in [-0.39, 0.29) is 30.0 Å². The fourth-order valence-electron chi connectivity index (χ4n) is 3.63. The van der Waals surface area contributed by atoms with Gasteiger partial charge in [-0.25, -0.2) is 8.42 Å². The van der Waals surface area contributed by atoms with Crippen LogP contribution < -0.4 is 4.72 Å². The lowest BCUT2D eigenvalue weighted by Crippen LogP contribution is -2.59. The maximum Gasteiger partial charge on any atom is 0.275 e. The molecule has 4 aromatic rings. The molecule has 0 saturated carbocycles. The van der Waals surface area contributed by atoms with Gasteiger partial charge in [-0.2, -0.15) is 0 Å². The van der Waals surface area contributed by atoms with Crippen molar-refractivity contribution in [3.05, 3.63) is 96.4 Å². The van der Waals surface area contributed by atoms with Gasteiger partial charge in [0.05, 0.1) is 29.4 Å². The quantitative estimate of drug-likeness (QED) is 0.477. The highest BCUT2D eigenvalue weighted by molar-refractivity contribution is 7.92. The zero-order valence-electron chi connectivity index (χ0n) is 17.8. The minimum atomic E-state index is -3.88. The highest BCUT2D eigenvalue weighted by Crippen LogP contribution is 2.24. The van der Waals surface area contributed by atoms with Gasteiger partial charge in [-0.05, 0) is 48.5 Å². The second-order valence-corrected chi connectivity index (χ2v) is 9.38. The Morgan fingerprint density at radius 1 is 0.765 bits per heavy atom. The van der Waals surface area contributed by atoms with E-state index in [1.165, 1.54) is 40.3 Å². The van der Waals surface area contributed by atoms with Gasteiger partial charge in [0.1, 0.15) is 5.69 Å². The van der Waals surface area contributed by atoms with Crippen LogP contribution in [0.3, 0.4) is 0 Å². The minimum Gasteiger partial charge on any atom is -0.303 e. The fraction of sp³-hybridized carbons (Fsp3) is 0.0833. The highest BCUT2D eigenvalue weighted by Gasteiger charge is 2.33. The van der Waals surface area contributed by atoms with Gasteiger partial charge >= 0.3 is 0 Å². The fourth-order valence-corrected chi connectivity index (χ4v) is 4.69. The molecule has 0 bridgehead atoms. The number of carbonyl (C=O) groups excluding carboxylic acids is 2. The first-order chi connectivity index (χ1) is 16.4. The molecule has 1 aliphatic rings. The molecule has 0 radical (unpaired) electrons. The summed E-state index contributed by atoms with van der Waals surface area (Å²) < 4.78 is 28.4. The first-order valence-corrected chi connectivity index (χ1v) is 11.9. The topological polar surface area (TPSA) is 113 Å². The average molecular weight is 474 g/mol. The number of nitrogens with one attached hydrogen (secondary N) is 1. The summed E-state index contributed by atoms with van der Waals surface area (Å²) in [5.41, 5.74) is 1.56. The molecular formula is C24H19N5O4S. The Hall–Kier alpha value is -4.31. The Balaban J connectivity index is 1.26. The van der Waals surface area contributed by atoms with Crippen molar-refractivity contribution in [2.24, 2.45) is 0 Å². The van der Waals surface area contributed by atoms with Gasteiger partial charge in [0, 0.05) is 23.3 Å². The summed E-state index contributed by atoms with van der Waals surface area (Å²) in [6, 6.07) is 19.6. The first-order valence-electron chi connectivity index (χ1n) is 10.4. The van der Waals surface area contributed by atoms with Crippen LogP contribution in [0.25, 0.3) is 10.9 Å². The normalized spacial score (nSPS) is 13.4. The van der Waals surface area contributed by atoms with Crippen LogP contribution in [0.15, 0.2) is 90.1 Å². The van der Waals surface area contributed by atoms with E-state index in [1.807, 2.05) is 12.1 Å². The number of carbonyl (C=O) groups is 2. The molecule has 0 aliphatic carbocycles. The Morgan fingerprint density at radius 3 is 2.21 bits per heavy atom. The molecular weight excluding hydrogens is 454 g/mol. The van der Waals surface area contributed by atoms with Crippen LogP contribution in [0.2, 0.25) is 0 Å². The molecule has 170 valence electrons. The van der Waals surface area contributed by atoms with E-state index in [0.717, 1.165) is 5.39 Å². The first kappa shape index (κ1) is 21.5. The summed E-state index contributed by atoms with van der Waals surface area (Å²) in [7, 11) is -3.88. The maximum atomic E-state index is 12.9. The van der Waals surface area contributed by atoms with E-state index in [0.29, 0.717) is 22.5 Å². The number of hydrogen-bond donors (Lipinski definition) is 1. The van der Waals surface area contributed by atoms with E-state index >= 15 is 0 Å². The number of sulfonamides is 1. The van der Waals surface area contributed by atoms with Crippen LogP contribution >= 0.6 is 0 Å². The Kier molecular flexibility index (Phi) is 5.42. The Labute approximate surface area is 195 Å². The SMILES string of the molecule is O=C(c1ccc(S(=O)(=O)Nc2cccc3cccnc23)cc1)N1CN(C(=O)c2ccccn2)C1. The molecule has 1 N–H and O–H groups in total. The second-order valence-electron chi connectivity index (χ2n) is 7.70. The number of anilines is 1. The largest absolute Gasteiger partial charge is 0.303 e. The maximum absolute atomic E-state index is 12.9. The standard InChI is InChI=1S/C24H19N5O4S/c30-23(28-15-29(16-28)24(31)21-7-1-2-13-25-21)18-9-11-19(12-10-18)34(32,33)27-20-8-3-5-17-6-4-14-26-22(17)20/h1-14,27H,15-16H2. The molecule has 34 heavy (non-hydrogen) atoms. The van der Waals surface area contributed by atoms with E-state index in [4.69, 9.17) is 0 Å². The molecule has 1 fully saturated rings. The van der Waals surface area contributed by atoms with Gasteiger partial charge in [0.2, 0.25) is 0 Å². The van der Waals surface area contributed by atoms with Crippen LogP contribution in [0.5, 0.6) is 0 Å². The van der Waals surface area contributed by atoms with Crippen LogP contribution in [0, 0.1) is 0 Å². The molecule has 10 heteroatoms. The average Bonchev–Trinajstić information content (AvgIpc) is 2.83. The number of para-hydroxylation sites is 1. The number of benzene rings is 2. The van der Waals surface area contributed by atoms with Crippen molar-refractivity contribution in [3.8, 4) is 0 Å². The summed E-state index contributed by atoms with van der Waals surface area (Å²) in [5, 5.41) is 0.814. The summed E-state index contributed by atoms with van der Waals surface area (Å²) in [6.07, 6.45) is 3.14. The van der Waals surface area contributed by atoms with Crippen molar-refractivity contribution < 1.29 is 18.0 Å². The van der Waals surface area contributed by atoms with Gasteiger partial charge in [-0.1, -0.05) is 24.3 Å². The lowest BCUT2D eigenvalue weighted by molar-refractivity contribution is -0.00690. The Bertz CT molecular complexity index is 1480. The van der Waals surface area contributed by atoms with Crippen LogP contribution in [-0.4, -0.2) is 53.3 Å². The van der Waals surface area contributed by atoms with Gasteiger partial charge in [-0.15, -0.1) is 0 Å². The lowest BCUT2D eigenvalue weighted by Gasteiger charge is -2.42. The molecule has 9 nitrogen and oxygen atoms in total. The van der Waals surface area contributed by atoms with E-state index in [1.54, 1.807) is 42.6 Å². The predicted octanol–water partition coefficient (Wildman–Crippen LogP) is 2.94. The second kappa shape index (κ2) is 8.56. The zero-order chi connectivity index (χ0) is 23.7. The summed E-state index contributed by atoms with van der Waals surface area (Å²) in [5.74, 6) is -0.541. The molecule has 0 unspecified atom stereocenters. The molecule has 0 spiro atoms. The van der Waals surface area contributed by atoms with Crippen molar-refractivity contribution in [1.82, 2.24) is 19.8 Å². The van der Waals surface area contributed by atoms with Crippen molar-refractivity contribution in [1.29, 1.82) is 0 Å². The molecule has 2 amide bonds. The predicted molar refractivity (Wildman–Crippen MR) is 125 cm³/mol. The molecule has 3 heterocycles. The van der Waals surface area contributed by atoms with Crippen molar-refractivity contribution >= 4 is 38.4 Å². The highest BCUT2D eigenvalue weighted by atomic mass is 32.2. The van der Waals surface area contributed by atoms with Crippen molar-refractivity contribution in [2.75, 3.05) is 18.1 Å². The summed E-state index contributed by atoms with van der Waals surface area (Å²) in [6.45, 7) is 0.286. The Morgan fingerprint density at radius 2 is 1.47 bits per heavy atom. The molecule has 5 rings (SSSR count). The number of fused-ring (bicyclic) bond motifs is 1. The number of amides is 2. The van der Waals surface area contributed by atoms with Crippen LogP contribution in [0.1, 0.15) is 20.8 Å². The molecule has 1 aliphatic heterocycles. The lowest BCUT2D eigenvalue weighted by atomic mass is 10.2. The third-order valence-electron chi connectivity index (χ3n) is 5.43. The van der Waals surface area contributed by atoms with E-state index < -0.39 is 10.0 Å². The number of aromatic nitrogens is 2. The van der Waals surface area contributed by atoms with Gasteiger partial charge in [0.15, 0.2) is 0 Å². The minimum absolute atomic E-state index is 0.0209. The molecule has 0 atom stereocenters. The van der Waals surface area contributed by atoms with Gasteiger partial charge in [0.25, 0.3) is 21.8 Å². The van der Waals surface area contributed by atoms with Crippen LogP contribution in [-0.2, 0) is 10.0 Å². The third-order valence-corrected chi connectivity index (χ3v) is 6.81. The molecule has 1 saturated heterocycles. The van der Waals surface area contributed by atoms with Crippen molar-refractivity contribution in [2.45, 2.75) is 4.90 Å². The van der Waals surface area contributed by atoms with Gasteiger partial charge in [-0.3, -0.25) is 24.3 Å². The van der Waals surface area contributed by atoms with Gasteiger partial charge < -0.3 is 9.80 Å². The van der Waals surface area contributed by atoms with E-state index in [9.17, 15) is 18.0 Å². The van der Waals surface area contributed by atoms with Crippen molar-refractivity contribution in [3.63, 3.8) is 0 Å². The molecule has 2 aromatic carbocycles. The zero-order valence-corrected chi connectivity index (χ0v) is 18.6. The number of hydrogen-bond acceptors (Lipinski definition) is 6. The number of nitrogens with zero attached hydrogens (tertiary/aromatic N) is 4. The molecule has 2 aromatic heterocycles. The smallest absolute Gasteiger partial charge is 0.275 e. The third kappa shape index (κ3) is 4.06.